The summed E-state index contributed by atoms with van der Waals surface area (Å²) in [5.74, 6) is -1.07. The molecular weight excluding hydrogens is 441 g/mol. The maximum absolute atomic E-state index is 12.5. The van der Waals surface area contributed by atoms with E-state index in [1.54, 1.807) is 18.4 Å². The van der Waals surface area contributed by atoms with Crippen LogP contribution in [0.2, 0.25) is 0 Å². The van der Waals surface area contributed by atoms with Gasteiger partial charge in [-0.05, 0) is 26.8 Å². The molecule has 1 aliphatic carbocycles. The van der Waals surface area contributed by atoms with Crippen LogP contribution >= 0.6 is 0 Å². The molecule has 1 aliphatic heterocycles. The van der Waals surface area contributed by atoms with Crippen molar-refractivity contribution in [2.45, 2.75) is 44.3 Å². The zero-order valence-electron chi connectivity index (χ0n) is 18.5. The van der Waals surface area contributed by atoms with Gasteiger partial charge in [0.1, 0.15) is 17.5 Å². The molecule has 0 fully saturated rings. The molecule has 12 heteroatoms. The number of amides is 1. The Hall–Kier alpha value is -3.80. The number of carbonyl (C=O) groups is 3. The highest BCUT2D eigenvalue weighted by Gasteiger charge is 2.25. The first-order chi connectivity index (χ1) is 15.6. The predicted molar refractivity (Wildman–Crippen MR) is 124 cm³/mol. The molecule has 12 nitrogen and oxygen atoms in total. The van der Waals surface area contributed by atoms with Crippen molar-refractivity contribution in [1.29, 1.82) is 0 Å². The average Bonchev–Trinajstić information content (AvgIpc) is 2.76. The van der Waals surface area contributed by atoms with Crippen LogP contribution in [-0.4, -0.2) is 75.6 Å². The summed E-state index contributed by atoms with van der Waals surface area (Å²) >= 11 is 0. The molecule has 0 aromatic carbocycles. The van der Waals surface area contributed by atoms with E-state index in [-0.39, 0.29) is 42.5 Å². The van der Waals surface area contributed by atoms with Crippen molar-refractivity contribution >= 4 is 47.1 Å². The number of aliphatic imine (C=N–C) groups is 1. The summed E-state index contributed by atoms with van der Waals surface area (Å²) in [7, 11) is 1.95. The topological polar surface area (TPSA) is 189 Å². The van der Waals surface area contributed by atoms with E-state index in [0.29, 0.717) is 30.0 Å². The van der Waals surface area contributed by atoms with Crippen LogP contribution in [-0.2, 0) is 14.4 Å². The number of hydrogen-bond acceptors (Lipinski definition) is 10. The molecule has 1 aromatic rings. The maximum Gasteiger partial charge on any atom is 0.326 e. The second kappa shape index (κ2) is 10.2. The molecule has 0 bridgehead atoms. The van der Waals surface area contributed by atoms with Crippen molar-refractivity contribution < 1.29 is 19.5 Å². The Bertz CT molecular complexity index is 1040. The number of Topliss-reactive ketones (excluding diaryl/α,β-unsaturated/α-hetero) is 1. The van der Waals surface area contributed by atoms with Gasteiger partial charge >= 0.3 is 5.97 Å². The average molecular weight is 469 g/mol. The lowest BCUT2D eigenvalue weighted by Gasteiger charge is -2.31. The van der Waals surface area contributed by atoms with Crippen LogP contribution < -0.4 is 22.1 Å². The third kappa shape index (κ3) is 6.13. The van der Waals surface area contributed by atoms with Crippen LogP contribution in [0.1, 0.15) is 26.2 Å². The first-order valence-electron chi connectivity index (χ1n) is 10.5. The van der Waals surface area contributed by atoms with Gasteiger partial charge in [-0.2, -0.15) is 9.97 Å². The van der Waals surface area contributed by atoms with Crippen molar-refractivity contribution in [3.63, 3.8) is 0 Å². The van der Waals surface area contributed by atoms with Gasteiger partial charge < -0.3 is 32.0 Å². The minimum Gasteiger partial charge on any atom is -0.480 e. The van der Waals surface area contributed by atoms with E-state index in [1.165, 1.54) is 6.92 Å². The lowest BCUT2D eigenvalue weighted by Crippen LogP contribution is -2.43. The number of aromatic nitrogens is 2. The van der Waals surface area contributed by atoms with E-state index in [1.807, 2.05) is 13.1 Å². The lowest BCUT2D eigenvalue weighted by molar-refractivity contribution is -0.141. The van der Waals surface area contributed by atoms with Gasteiger partial charge in [0.15, 0.2) is 11.6 Å². The highest BCUT2D eigenvalue weighted by atomic mass is 16.5. The van der Waals surface area contributed by atoms with Gasteiger partial charge in [-0.3, -0.25) is 9.69 Å². The molecule has 176 valence electrons. The van der Waals surface area contributed by atoms with E-state index in [9.17, 15) is 19.5 Å². The Labute approximate surface area is 190 Å². The molecule has 2 aliphatic rings. The SMILES string of the molecule is C[13C](=O)[13CH2][13CH2][13C@H](NC(=O)[13C]1=[13CH][13CH2][13CH](N(C)C[13CH]2[13CH]=Nc3nc(N)nc(N)c3N2)[13CH]=[13CH]1)[13C](=O)O. The number of nitrogens with two attached hydrogens (primary N) is 2. The van der Waals surface area contributed by atoms with Gasteiger partial charge in [0.05, 0.1) is 6.04 Å². The number of ketones is 1. The number of hydrogen-bond donors (Lipinski definition) is 5. The van der Waals surface area contributed by atoms with Crippen molar-refractivity contribution in [3.8, 4) is 0 Å². The highest BCUT2D eigenvalue weighted by Crippen LogP contribution is 2.31. The van der Waals surface area contributed by atoms with E-state index in [0.717, 1.165) is 0 Å². The molecule has 1 amide bonds. The van der Waals surface area contributed by atoms with Crippen molar-refractivity contribution in [1.82, 2.24) is 20.2 Å². The number of rotatable bonds is 9. The lowest BCUT2D eigenvalue weighted by atomic mass is 10.4. The summed E-state index contributed by atoms with van der Waals surface area (Å²) in [6.07, 6.45) is 7.80. The number of anilines is 3. The normalized spacial score (nSPS) is 19.9. The third-order valence-electron chi connectivity index (χ3n) is 5.42. The Balaban J connectivity index is 1.54. The van der Waals surface area contributed by atoms with Crippen LogP contribution in [0.25, 0.3) is 0 Å². The summed E-state index contributed by atoms with van der Waals surface area (Å²) in [6, 6.07) is -1.20. The van der Waals surface area contributed by atoms with Gasteiger partial charge in [-0.25, -0.2) is 9.79 Å². The summed E-state index contributed by atoms with van der Waals surface area (Å²) in [5, 5.41) is 15.0. The fraction of sp³-hybridized carbons (Fsp3) is 0.429. The zero-order valence-corrected chi connectivity index (χ0v) is 18.5. The highest BCUT2D eigenvalue weighted by molar-refractivity contribution is 5.98. The van der Waals surface area contributed by atoms with Gasteiger partial charge in [0.25, 0.3) is 5.91 Å². The van der Waals surface area contributed by atoms with Gasteiger partial charge in [0, 0.05) is 30.8 Å². The number of carbonyl (C=O) groups excluding carboxylic acids is 2. The molecule has 33 heavy (non-hydrogen) atoms. The Kier molecular flexibility index (Phi) is 7.38. The number of aliphatic carboxylic acids is 1. The second-order valence-electron chi connectivity index (χ2n) is 8.06. The quantitative estimate of drug-likeness (QED) is 0.314. The van der Waals surface area contributed by atoms with Crippen LogP contribution in [0, 0.1) is 0 Å². The van der Waals surface area contributed by atoms with Gasteiger partial charge in [-0.1, -0.05) is 18.2 Å². The largest absolute Gasteiger partial charge is 0.480 e. The fourth-order valence-electron chi connectivity index (χ4n) is 3.59. The molecule has 7 N–H and O–H groups in total. The minimum absolute atomic E-state index is 0.0335. The number of carboxylic acids is 1. The van der Waals surface area contributed by atoms with Crippen LogP contribution in [0.3, 0.4) is 0 Å². The number of likely N-dealkylation sites (N-methyl/N-ethyl adjacent to an activating group) is 1. The van der Waals surface area contributed by atoms with Crippen molar-refractivity contribution in [3.05, 3.63) is 23.8 Å². The fourth-order valence-corrected chi connectivity index (χ4v) is 3.59. The first kappa shape index (κ1) is 23.9. The molecule has 0 saturated carbocycles. The van der Waals surface area contributed by atoms with Crippen LogP contribution in [0.15, 0.2) is 28.8 Å². The van der Waals surface area contributed by atoms with E-state index < -0.39 is 17.9 Å². The van der Waals surface area contributed by atoms with Crippen molar-refractivity contribution in [2.75, 3.05) is 30.4 Å². The number of nitrogens with one attached hydrogen (secondary N) is 2. The van der Waals surface area contributed by atoms with Gasteiger partial charge in [0.2, 0.25) is 5.95 Å². The molecular formula is C21H28N8O4. The molecule has 0 spiro atoms. The first-order valence-corrected chi connectivity index (χ1v) is 10.5. The third-order valence-corrected chi connectivity index (χ3v) is 5.42. The van der Waals surface area contributed by atoms with Crippen LogP contribution in [0.5, 0.6) is 0 Å². The molecule has 2 unspecified atom stereocenters. The number of fused-ring (bicyclic) bond motifs is 1. The molecule has 3 atom stereocenters. The number of nitrogen functional groups attached to an aromatic ring is 2. The Morgan fingerprint density at radius 1 is 1.33 bits per heavy atom. The predicted octanol–water partition coefficient (Wildman–Crippen LogP) is 0.263. The number of carboxylic acid groups (broad SMARTS) is 1. The maximum atomic E-state index is 12.5. The summed E-state index contributed by atoms with van der Waals surface area (Å²) in [6.45, 7) is 1.99. The van der Waals surface area contributed by atoms with E-state index >= 15 is 0 Å². The number of nitrogens with zero attached hydrogens (tertiary/aromatic N) is 4. The summed E-state index contributed by atoms with van der Waals surface area (Å²) in [5.41, 5.74) is 12.5. The van der Waals surface area contributed by atoms with Gasteiger partial charge in [-0.15, -0.1) is 0 Å². The van der Waals surface area contributed by atoms with E-state index in [4.69, 9.17) is 11.5 Å². The Morgan fingerprint density at radius 3 is 2.73 bits per heavy atom. The Morgan fingerprint density at radius 2 is 2.09 bits per heavy atom. The molecule has 0 radical (unpaired) electrons. The monoisotopic (exact) mass is 469 g/mol. The molecule has 0 saturated heterocycles. The van der Waals surface area contributed by atoms with E-state index in [2.05, 4.69) is 30.5 Å². The smallest absolute Gasteiger partial charge is 0.326 e. The molecule has 2 heterocycles. The van der Waals surface area contributed by atoms with Crippen molar-refractivity contribution in [2.24, 2.45) is 4.99 Å². The second-order valence-corrected chi connectivity index (χ2v) is 8.06. The minimum atomic E-state index is -1.17. The zero-order chi connectivity index (χ0) is 24.1. The summed E-state index contributed by atoms with van der Waals surface area (Å²) < 4.78 is 0. The van der Waals surface area contributed by atoms with Crippen LogP contribution in [0.4, 0.5) is 23.3 Å². The molecule has 1 aromatic heterocycles. The standard InChI is InChI=1S/C21H28N8O4/c1-11(30)3-8-15(20(32)33)26-19(31)12-4-6-14(7-5-12)29(2)10-13-9-24-18-16(25-13)17(22)27-21(23)28-18/h4-6,9,13-15,25H,3,7-8,10H2,1-2H3,(H,26,31)(H,32,33)(H4,22,23,27,28)/t13?,14?,15-/m0/s1/i3+1,4+1,5+1,6+1,7+1,8+1,9+1,11+1,12+1,13+1,14+1,15+1,20+1. The summed E-state index contributed by atoms with van der Waals surface area (Å²) in [4.78, 5) is 49.4. The molecule has 3 rings (SSSR count).